The quantitative estimate of drug-likeness (QED) is 0.128. The maximum atomic E-state index is 6.30. The number of nitrogens with zero attached hydrogens (tertiary/aromatic N) is 4. The molecular weight excluding hydrogens is 1340 g/mol. The zero-order chi connectivity index (χ0) is 71.5. The first-order valence-electron chi connectivity index (χ1n) is 37.6. The van der Waals surface area contributed by atoms with Crippen LogP contribution in [0.4, 0.5) is 0 Å². The minimum atomic E-state index is -0.622. The lowest BCUT2D eigenvalue weighted by Gasteiger charge is -2.34. The molecule has 0 aliphatic heterocycles. The number of fused-ring (bicyclic) bond motifs is 19. The van der Waals surface area contributed by atoms with Crippen LogP contribution in [0.1, 0.15) is 44.5 Å². The van der Waals surface area contributed by atoms with Crippen LogP contribution < -0.4 is 0 Å². The molecule has 0 saturated carbocycles. The van der Waals surface area contributed by atoms with Gasteiger partial charge in [-0.15, -0.1) is 11.3 Å². The van der Waals surface area contributed by atoms with E-state index in [0.717, 1.165) is 98.1 Å². The smallest absolute Gasteiger partial charge is 0.109 e. The second kappa shape index (κ2) is 23.8. The first-order chi connectivity index (χ1) is 54.1. The molecule has 23 rings (SSSR count). The van der Waals surface area contributed by atoms with Crippen molar-refractivity contribution in [1.29, 1.82) is 0 Å². The van der Waals surface area contributed by atoms with E-state index in [1.807, 2.05) is 11.3 Å². The molecule has 17 aromatic carbocycles. The van der Waals surface area contributed by atoms with Crippen molar-refractivity contribution in [2.45, 2.75) is 10.8 Å². The van der Waals surface area contributed by atoms with Crippen LogP contribution in [0.3, 0.4) is 0 Å². The first kappa shape index (κ1) is 61.5. The minimum absolute atomic E-state index is 0.622. The number of thiophene rings is 1. The van der Waals surface area contributed by atoms with E-state index in [2.05, 4.69) is 397 Å². The first-order valence-corrected chi connectivity index (χ1v) is 38.4. The molecule has 0 unspecified atom stereocenters. The molecule has 2 aliphatic carbocycles. The summed E-state index contributed by atoms with van der Waals surface area (Å²) in [5.74, 6) is 0. The monoisotopic (exact) mass is 1400 g/mol. The van der Waals surface area contributed by atoms with Crippen molar-refractivity contribution in [3.63, 3.8) is 0 Å². The van der Waals surface area contributed by atoms with Crippen molar-refractivity contribution >= 4 is 98.6 Å². The summed E-state index contributed by atoms with van der Waals surface area (Å²) in [6.45, 7) is 0. The van der Waals surface area contributed by atoms with Crippen LogP contribution in [0.2, 0.25) is 0 Å². The average Bonchev–Trinajstić information content (AvgIpc) is 1.54. The minimum Gasteiger partial charge on any atom is -0.309 e. The van der Waals surface area contributed by atoms with Crippen molar-refractivity contribution < 1.29 is 0 Å². The molecule has 506 valence electrons. The van der Waals surface area contributed by atoms with Gasteiger partial charge < -0.3 is 9.13 Å². The summed E-state index contributed by atoms with van der Waals surface area (Å²) in [6, 6.07) is 144. The summed E-state index contributed by atoms with van der Waals surface area (Å²) in [6.07, 6.45) is 0. The van der Waals surface area contributed by atoms with Gasteiger partial charge in [-0.2, -0.15) is 0 Å². The number of hydrogen-bond donors (Lipinski definition) is 0. The van der Waals surface area contributed by atoms with Gasteiger partial charge in [-0.1, -0.05) is 315 Å². The zero-order valence-electron chi connectivity index (χ0n) is 59.1. The molecule has 4 nitrogen and oxygen atoms in total. The van der Waals surface area contributed by atoms with E-state index < -0.39 is 10.8 Å². The second-order valence-electron chi connectivity index (χ2n) is 29.3. The average molecular weight is 1400 g/mol. The Morgan fingerprint density at radius 2 is 0.514 bits per heavy atom. The molecule has 4 aromatic heterocycles. The van der Waals surface area contributed by atoms with Crippen LogP contribution in [0.5, 0.6) is 0 Å². The van der Waals surface area contributed by atoms with E-state index in [0.29, 0.717) is 0 Å². The number of rotatable bonds is 10. The lowest BCUT2D eigenvalue weighted by Crippen LogP contribution is -2.28. The Morgan fingerprint density at radius 1 is 0.211 bits per heavy atom. The largest absolute Gasteiger partial charge is 0.309 e. The Hall–Kier alpha value is -13.8. The van der Waals surface area contributed by atoms with E-state index in [1.165, 1.54) is 110 Å². The number of para-hydroxylation sites is 4. The van der Waals surface area contributed by atoms with Crippen molar-refractivity contribution in [2.24, 2.45) is 0 Å². The van der Waals surface area contributed by atoms with Gasteiger partial charge in [0.05, 0.1) is 53.7 Å². The van der Waals surface area contributed by atoms with Gasteiger partial charge in [-0.3, -0.25) is 0 Å². The SMILES string of the molecule is c1ccc(-n2c3ccccc3c3cc(-c4ccc5c(c4)c4cc(-c6ccc7c(c6)c6ccccc6n7-c6ccccc6)ccc4c4nc6c(-c7cccc8c7-c7ccccc7C8(c7ccccc7)c7ccccc7)sc(-c7cccc8c7-c7ccccc7C8(c7ccccc7)c7ccccc7)c6nc54)ccc32)cc1. The van der Waals surface area contributed by atoms with Crippen LogP contribution in [-0.2, 0) is 10.8 Å². The van der Waals surface area contributed by atoms with Gasteiger partial charge in [-0.25, -0.2) is 9.97 Å². The topological polar surface area (TPSA) is 35.6 Å². The van der Waals surface area contributed by atoms with Gasteiger partial charge in [0.2, 0.25) is 0 Å². The third-order valence-electron chi connectivity index (χ3n) is 23.9. The fourth-order valence-electron chi connectivity index (χ4n) is 19.4. The maximum absolute atomic E-state index is 6.30. The van der Waals surface area contributed by atoms with E-state index in [4.69, 9.17) is 9.97 Å². The molecule has 2 aliphatic rings. The van der Waals surface area contributed by atoms with Gasteiger partial charge in [0.15, 0.2) is 0 Å². The molecule has 0 N–H and O–H groups in total. The third kappa shape index (κ3) is 8.76. The lowest BCUT2D eigenvalue weighted by molar-refractivity contribution is 0.768. The highest BCUT2D eigenvalue weighted by Crippen LogP contribution is 2.63. The number of aromatic nitrogens is 4. The standard InChI is InChI=1S/C104H64N4S/c1-7-29-69(30-8-1)103(70-31-9-2-10-32-70)87-47-23-19-43-79(87)95-81(45-27-49-89(95)103)101-99-100(102(109-101)82-46-28-50-90-96(82)80-44-20-24-48-88(80)104(90,71-33-11-3-12-34-71)72-35-13-4-14-36-72)106-98-78-58-54-66(68-56-60-94-86(64-68)76-42-22-26-52-92(76)108(94)74-39-17-6-18-40-74)62-84(78)83-61-65(53-57-77(83)97(98)105-99)67-55-59-93-85(63-67)75-41-21-25-51-91(75)107(93)73-37-15-5-16-38-73/h1-64H. The molecule has 0 bridgehead atoms. The predicted octanol–water partition coefficient (Wildman–Crippen LogP) is 26.7. The maximum Gasteiger partial charge on any atom is 0.109 e. The van der Waals surface area contributed by atoms with Crippen LogP contribution in [-0.4, -0.2) is 19.1 Å². The molecule has 0 amide bonds. The van der Waals surface area contributed by atoms with Gasteiger partial charge in [0.1, 0.15) is 11.0 Å². The summed E-state index contributed by atoms with van der Waals surface area (Å²) >= 11 is 1.84. The third-order valence-corrected chi connectivity index (χ3v) is 25.1. The molecule has 4 heterocycles. The van der Waals surface area contributed by atoms with Gasteiger partial charge in [0.25, 0.3) is 0 Å². The second-order valence-corrected chi connectivity index (χ2v) is 30.3. The van der Waals surface area contributed by atoms with Crippen molar-refractivity contribution in [1.82, 2.24) is 19.1 Å². The fraction of sp³-hybridized carbons (Fsp3) is 0.0192. The number of benzene rings is 17. The Labute approximate surface area is 633 Å². The highest BCUT2D eigenvalue weighted by Gasteiger charge is 2.49. The fourth-order valence-corrected chi connectivity index (χ4v) is 20.6. The molecule has 0 spiro atoms. The molecule has 0 radical (unpaired) electrons. The molecule has 5 heteroatoms. The van der Waals surface area contributed by atoms with Crippen LogP contribution >= 0.6 is 11.3 Å². The van der Waals surface area contributed by atoms with E-state index in [-0.39, 0.29) is 0 Å². The number of hydrogen-bond acceptors (Lipinski definition) is 3. The molecular formula is C104H64N4S. The Kier molecular flexibility index (Phi) is 13.4. The van der Waals surface area contributed by atoms with E-state index in [9.17, 15) is 0 Å². The highest BCUT2D eigenvalue weighted by atomic mass is 32.1. The Balaban J connectivity index is 0.822. The normalized spacial score (nSPS) is 13.3. The molecule has 0 fully saturated rings. The molecule has 21 aromatic rings. The van der Waals surface area contributed by atoms with E-state index in [1.54, 1.807) is 0 Å². The van der Waals surface area contributed by atoms with Crippen molar-refractivity contribution in [2.75, 3.05) is 0 Å². The predicted molar refractivity (Wildman–Crippen MR) is 455 cm³/mol. The van der Waals surface area contributed by atoms with Crippen LogP contribution in [0.15, 0.2) is 388 Å². The molecule has 0 saturated heterocycles. The Bertz CT molecular complexity index is 6810. The molecule has 0 atom stereocenters. The summed E-state index contributed by atoms with van der Waals surface area (Å²) in [5.41, 5.74) is 30.8. The Morgan fingerprint density at radius 3 is 0.908 bits per heavy atom. The van der Waals surface area contributed by atoms with Crippen LogP contribution in [0.25, 0.3) is 164 Å². The summed E-state index contributed by atoms with van der Waals surface area (Å²) in [4.78, 5) is 14.8. The van der Waals surface area contributed by atoms with Gasteiger partial charge >= 0.3 is 0 Å². The van der Waals surface area contributed by atoms with E-state index >= 15 is 0 Å². The van der Waals surface area contributed by atoms with Crippen molar-refractivity contribution in [3.8, 4) is 76.8 Å². The van der Waals surface area contributed by atoms with Crippen molar-refractivity contribution in [3.05, 3.63) is 433 Å². The molecule has 109 heavy (non-hydrogen) atoms. The van der Waals surface area contributed by atoms with Gasteiger partial charge in [0, 0.05) is 54.8 Å². The van der Waals surface area contributed by atoms with Gasteiger partial charge in [-0.05, 0) is 173 Å². The van der Waals surface area contributed by atoms with Crippen LogP contribution in [0, 0.1) is 0 Å². The lowest BCUT2D eigenvalue weighted by atomic mass is 9.67. The highest BCUT2D eigenvalue weighted by molar-refractivity contribution is 7.21. The summed E-state index contributed by atoms with van der Waals surface area (Å²) in [5, 5.41) is 9.16. The summed E-state index contributed by atoms with van der Waals surface area (Å²) < 4.78 is 4.79. The summed E-state index contributed by atoms with van der Waals surface area (Å²) in [7, 11) is 0. The zero-order valence-corrected chi connectivity index (χ0v) is 60.0.